The van der Waals surface area contributed by atoms with Gasteiger partial charge in [0.25, 0.3) is 0 Å². The van der Waals surface area contributed by atoms with E-state index in [1.807, 2.05) is 6.08 Å². The highest BCUT2D eigenvalue weighted by molar-refractivity contribution is 5.80. The SMILES string of the molecule is CC/C=C/C/C=C/CCCCCCCCCC(=O)OC1C(OCC(NC(=O)C(O)CCCCCCCCCCCCC/C=C\C/C=C\C/C=C\CCCCC)C(O)/C=C/CCCCCCCCCCCCC)OC(CO)C(O)C1O. The molecule has 1 heterocycles. The zero-order valence-electron chi connectivity index (χ0n) is 51.4. The molecule has 0 aromatic carbocycles. The molecule has 8 atom stereocenters. The van der Waals surface area contributed by atoms with Crippen LogP contribution in [-0.2, 0) is 23.8 Å². The van der Waals surface area contributed by atoms with Crippen LogP contribution in [0.25, 0.3) is 0 Å². The molecule has 1 aliphatic heterocycles. The fraction of sp³-hybridized carbons (Fsp3) is 0.797. The Balaban J connectivity index is 2.62. The van der Waals surface area contributed by atoms with Crippen molar-refractivity contribution < 1.29 is 49.3 Å². The molecule has 1 saturated heterocycles. The van der Waals surface area contributed by atoms with Gasteiger partial charge in [0.2, 0.25) is 5.91 Å². The number of allylic oxidation sites excluding steroid dienone is 11. The third kappa shape index (κ3) is 43.7. The lowest BCUT2D eigenvalue weighted by Gasteiger charge is -2.41. The van der Waals surface area contributed by atoms with Gasteiger partial charge in [-0.2, -0.15) is 0 Å². The topological polar surface area (TPSA) is 175 Å². The second-order valence-corrected chi connectivity index (χ2v) is 22.8. The summed E-state index contributed by atoms with van der Waals surface area (Å²) in [5.74, 6) is -1.20. The van der Waals surface area contributed by atoms with Crippen LogP contribution < -0.4 is 5.32 Å². The van der Waals surface area contributed by atoms with Crippen LogP contribution in [0.1, 0.15) is 290 Å². The zero-order valence-corrected chi connectivity index (χ0v) is 51.4. The minimum absolute atomic E-state index is 0.113. The molecule has 0 bridgehead atoms. The lowest BCUT2D eigenvalue weighted by Crippen LogP contribution is -2.61. The largest absolute Gasteiger partial charge is 0.454 e. The van der Waals surface area contributed by atoms with Gasteiger partial charge in [0.05, 0.1) is 25.4 Å². The summed E-state index contributed by atoms with van der Waals surface area (Å²) in [7, 11) is 0. The quantitative estimate of drug-likeness (QED) is 0.0195. The number of ether oxygens (including phenoxy) is 3. The van der Waals surface area contributed by atoms with Gasteiger partial charge in [-0.3, -0.25) is 9.59 Å². The maximum atomic E-state index is 13.5. The highest BCUT2D eigenvalue weighted by Crippen LogP contribution is 2.26. The normalized spacial score (nSPS) is 19.2. The molecule has 0 radical (unpaired) electrons. The number of hydrogen-bond acceptors (Lipinski definition) is 10. The summed E-state index contributed by atoms with van der Waals surface area (Å²) >= 11 is 0. The average Bonchev–Trinajstić information content (AvgIpc) is 3.53. The molecule has 0 saturated carbocycles. The van der Waals surface area contributed by atoms with Gasteiger partial charge in [-0.15, -0.1) is 0 Å². The minimum Gasteiger partial charge on any atom is -0.454 e. The first kappa shape index (κ1) is 75.1. The summed E-state index contributed by atoms with van der Waals surface area (Å²) in [5, 5.41) is 57.1. The van der Waals surface area contributed by atoms with Crippen LogP contribution in [0.2, 0.25) is 0 Å². The molecule has 8 unspecified atom stereocenters. The number of carbonyl (C=O) groups excluding carboxylic acids is 2. The van der Waals surface area contributed by atoms with E-state index < -0.39 is 67.4 Å². The standard InChI is InChI=1S/C69H123NO10/c1-4-7-10-13-16-19-22-25-27-28-29-30-31-32-33-34-35-36-38-41-44-47-50-53-56-62(73)68(77)70-60(61(72)55-52-49-46-43-40-37-24-21-18-15-12-9-6-3)59-78-69-67(66(76)65(75)63(58-71)79-69)80-64(74)57-54-51-48-45-42-39-26-23-20-17-14-11-8-5-2/h8,11,16-17,19-20,25,27,29-30,52,55,60-63,65-67,69,71-73,75-76H,4-7,9-10,12-15,18,21-24,26,28,31-51,53-54,56-59H2,1-3H3,(H,70,77)/b11-8+,19-16-,20-17+,27-25-,30-29-,55-52+. The van der Waals surface area contributed by atoms with E-state index in [0.29, 0.717) is 12.8 Å². The van der Waals surface area contributed by atoms with Gasteiger partial charge in [0, 0.05) is 6.42 Å². The van der Waals surface area contributed by atoms with E-state index in [2.05, 4.69) is 86.8 Å². The first-order chi connectivity index (χ1) is 39.2. The Labute approximate surface area is 490 Å². The molecule has 0 aromatic heterocycles. The Hall–Kier alpha value is -2.90. The van der Waals surface area contributed by atoms with Crippen molar-refractivity contribution in [2.24, 2.45) is 0 Å². The summed E-state index contributed by atoms with van der Waals surface area (Å²) in [6.07, 6.45) is 62.2. The molecule has 0 spiro atoms. The first-order valence-corrected chi connectivity index (χ1v) is 33.2. The van der Waals surface area contributed by atoms with Crippen LogP contribution in [0.4, 0.5) is 0 Å². The van der Waals surface area contributed by atoms with E-state index in [4.69, 9.17) is 14.2 Å². The van der Waals surface area contributed by atoms with Gasteiger partial charge in [0.1, 0.15) is 24.4 Å². The molecular weight excluding hydrogens is 1000 g/mol. The van der Waals surface area contributed by atoms with Gasteiger partial charge in [-0.05, 0) is 89.9 Å². The maximum Gasteiger partial charge on any atom is 0.306 e. The van der Waals surface area contributed by atoms with Crippen LogP contribution in [0.5, 0.6) is 0 Å². The number of unbranched alkanes of at least 4 members (excludes halogenated alkanes) is 32. The van der Waals surface area contributed by atoms with E-state index in [9.17, 15) is 35.1 Å². The maximum absolute atomic E-state index is 13.5. The van der Waals surface area contributed by atoms with Gasteiger partial charge >= 0.3 is 5.97 Å². The van der Waals surface area contributed by atoms with Crippen LogP contribution in [0.15, 0.2) is 72.9 Å². The number of carbonyl (C=O) groups is 2. The van der Waals surface area contributed by atoms with Crippen molar-refractivity contribution in [2.75, 3.05) is 13.2 Å². The molecule has 1 rings (SSSR count). The van der Waals surface area contributed by atoms with E-state index in [1.54, 1.807) is 6.08 Å². The first-order valence-electron chi connectivity index (χ1n) is 33.2. The van der Waals surface area contributed by atoms with Crippen molar-refractivity contribution in [3.63, 3.8) is 0 Å². The fourth-order valence-corrected chi connectivity index (χ4v) is 10.1. The van der Waals surface area contributed by atoms with Crippen LogP contribution in [0.3, 0.4) is 0 Å². The van der Waals surface area contributed by atoms with Gasteiger partial charge in [0.15, 0.2) is 12.4 Å². The predicted molar refractivity (Wildman–Crippen MR) is 333 cm³/mol. The third-order valence-corrected chi connectivity index (χ3v) is 15.3. The second-order valence-electron chi connectivity index (χ2n) is 22.8. The number of hydrogen-bond donors (Lipinski definition) is 6. The Bertz CT molecular complexity index is 1580. The molecule has 11 nitrogen and oxygen atoms in total. The number of aliphatic hydroxyl groups is 5. The van der Waals surface area contributed by atoms with Gasteiger partial charge in [-0.25, -0.2) is 0 Å². The number of amides is 1. The molecule has 464 valence electrons. The number of rotatable bonds is 56. The van der Waals surface area contributed by atoms with Crippen molar-refractivity contribution in [3.8, 4) is 0 Å². The lowest BCUT2D eigenvalue weighted by atomic mass is 9.99. The van der Waals surface area contributed by atoms with E-state index >= 15 is 0 Å². The average molecular weight is 1130 g/mol. The van der Waals surface area contributed by atoms with Gasteiger partial charge < -0.3 is 45.1 Å². The Morgan fingerprint density at radius 3 is 1.38 bits per heavy atom. The van der Waals surface area contributed by atoms with Crippen molar-refractivity contribution in [2.45, 2.75) is 339 Å². The van der Waals surface area contributed by atoms with Crippen LogP contribution >= 0.6 is 0 Å². The summed E-state index contributed by atoms with van der Waals surface area (Å²) in [5.41, 5.74) is 0. The highest BCUT2D eigenvalue weighted by Gasteiger charge is 2.47. The fourth-order valence-electron chi connectivity index (χ4n) is 10.1. The molecule has 0 aliphatic carbocycles. The Morgan fingerprint density at radius 2 is 0.900 bits per heavy atom. The monoisotopic (exact) mass is 1130 g/mol. The van der Waals surface area contributed by atoms with Crippen LogP contribution in [0, 0.1) is 0 Å². The van der Waals surface area contributed by atoms with E-state index in [0.717, 1.165) is 103 Å². The summed E-state index contributed by atoms with van der Waals surface area (Å²) in [6, 6.07) is -1.03. The predicted octanol–water partition coefficient (Wildman–Crippen LogP) is 16.3. The van der Waals surface area contributed by atoms with Gasteiger partial charge in [-0.1, -0.05) is 267 Å². The summed E-state index contributed by atoms with van der Waals surface area (Å²) in [4.78, 5) is 26.6. The van der Waals surface area contributed by atoms with Crippen molar-refractivity contribution in [1.29, 1.82) is 0 Å². The molecule has 80 heavy (non-hydrogen) atoms. The molecular formula is C69H123NO10. The lowest BCUT2D eigenvalue weighted by molar-refractivity contribution is -0.305. The summed E-state index contributed by atoms with van der Waals surface area (Å²) in [6.45, 7) is 5.67. The Morgan fingerprint density at radius 1 is 0.500 bits per heavy atom. The molecule has 1 fully saturated rings. The number of aliphatic hydroxyl groups excluding tert-OH is 5. The third-order valence-electron chi connectivity index (χ3n) is 15.3. The zero-order chi connectivity index (χ0) is 58.2. The molecule has 0 aromatic rings. The number of esters is 1. The Kier molecular flexibility index (Phi) is 53.1. The smallest absolute Gasteiger partial charge is 0.306 e. The van der Waals surface area contributed by atoms with Crippen LogP contribution in [-0.4, -0.2) is 99.6 Å². The van der Waals surface area contributed by atoms with E-state index in [1.165, 1.54) is 141 Å². The molecule has 1 amide bonds. The summed E-state index contributed by atoms with van der Waals surface area (Å²) < 4.78 is 17.6. The molecule has 11 heteroatoms. The van der Waals surface area contributed by atoms with Crippen molar-refractivity contribution in [1.82, 2.24) is 5.32 Å². The second kappa shape index (κ2) is 56.6. The van der Waals surface area contributed by atoms with Crippen molar-refractivity contribution in [3.05, 3.63) is 72.9 Å². The number of nitrogens with one attached hydrogen (secondary N) is 1. The van der Waals surface area contributed by atoms with E-state index in [-0.39, 0.29) is 19.4 Å². The highest BCUT2D eigenvalue weighted by atomic mass is 16.7. The molecule has 6 N–H and O–H groups in total. The molecule has 1 aliphatic rings. The minimum atomic E-state index is -1.62. The van der Waals surface area contributed by atoms with Crippen molar-refractivity contribution >= 4 is 11.9 Å².